The Bertz CT molecular complexity index is 660. The Morgan fingerprint density at radius 2 is 1.85 bits per heavy atom. The molecule has 1 aromatic carbocycles. The number of fused-ring (bicyclic) bond motifs is 1. The lowest BCUT2D eigenvalue weighted by Gasteiger charge is -2.38. The van der Waals surface area contributed by atoms with Crippen molar-refractivity contribution in [3.63, 3.8) is 0 Å². The van der Waals surface area contributed by atoms with Gasteiger partial charge in [-0.3, -0.25) is 4.90 Å². The first-order valence-corrected chi connectivity index (χ1v) is 10.4. The molecule has 6 nitrogen and oxygen atoms in total. The Kier molecular flexibility index (Phi) is 5.72. The lowest BCUT2D eigenvalue weighted by atomic mass is 10.0. The van der Waals surface area contributed by atoms with Crippen LogP contribution < -0.4 is 14.8 Å². The maximum atomic E-state index is 12.8. The molecule has 0 unspecified atom stereocenters. The van der Waals surface area contributed by atoms with E-state index >= 15 is 0 Å². The van der Waals surface area contributed by atoms with Crippen molar-refractivity contribution in [1.29, 1.82) is 0 Å². The van der Waals surface area contributed by atoms with Crippen LogP contribution in [0.2, 0.25) is 0 Å². The van der Waals surface area contributed by atoms with Crippen LogP contribution in [0.5, 0.6) is 11.5 Å². The number of benzene rings is 1. The second kappa shape index (κ2) is 8.38. The predicted molar refractivity (Wildman–Crippen MR) is 104 cm³/mol. The number of carbonyl (C=O) groups is 1. The Morgan fingerprint density at radius 1 is 1.07 bits per heavy atom. The zero-order chi connectivity index (χ0) is 18.6. The number of likely N-dealkylation sites (tertiary alicyclic amines) is 2. The molecule has 2 fully saturated rings. The number of carbonyl (C=O) groups excluding carboxylic acids is 1. The minimum Gasteiger partial charge on any atom is -0.490 e. The zero-order valence-corrected chi connectivity index (χ0v) is 16.3. The lowest BCUT2D eigenvalue weighted by molar-refractivity contribution is 0.124. The summed E-state index contributed by atoms with van der Waals surface area (Å²) in [6.07, 6.45) is 5.78. The number of amides is 2. The first-order valence-electron chi connectivity index (χ1n) is 10.4. The fourth-order valence-electron chi connectivity index (χ4n) is 4.35. The van der Waals surface area contributed by atoms with Crippen molar-refractivity contribution < 1.29 is 14.3 Å². The molecule has 1 N–H and O–H groups in total. The van der Waals surface area contributed by atoms with E-state index in [1.165, 1.54) is 32.4 Å². The van der Waals surface area contributed by atoms with E-state index < -0.39 is 0 Å². The van der Waals surface area contributed by atoms with E-state index in [-0.39, 0.29) is 12.1 Å². The number of piperidine rings is 1. The van der Waals surface area contributed by atoms with Gasteiger partial charge in [-0.1, -0.05) is 6.07 Å². The summed E-state index contributed by atoms with van der Waals surface area (Å²) in [7, 11) is 0. The normalized spacial score (nSPS) is 24.3. The Morgan fingerprint density at radius 3 is 2.67 bits per heavy atom. The number of nitrogens with one attached hydrogen (secondary N) is 1. The third kappa shape index (κ3) is 4.32. The van der Waals surface area contributed by atoms with Crippen LogP contribution in [0, 0.1) is 0 Å². The molecule has 6 heteroatoms. The summed E-state index contributed by atoms with van der Waals surface area (Å²) in [4.78, 5) is 17.4. The number of urea groups is 1. The average Bonchev–Trinajstić information content (AvgIpc) is 3.13. The van der Waals surface area contributed by atoms with Crippen molar-refractivity contribution >= 4 is 6.03 Å². The van der Waals surface area contributed by atoms with Crippen LogP contribution in [0.4, 0.5) is 4.79 Å². The summed E-state index contributed by atoms with van der Waals surface area (Å²) in [5.74, 6) is 1.57. The largest absolute Gasteiger partial charge is 0.490 e. The average molecular weight is 373 g/mol. The quantitative estimate of drug-likeness (QED) is 0.884. The minimum absolute atomic E-state index is 0.0403. The minimum atomic E-state index is -0.0678. The molecular weight excluding hydrogens is 342 g/mol. The summed E-state index contributed by atoms with van der Waals surface area (Å²) >= 11 is 0. The third-order valence-corrected chi connectivity index (χ3v) is 5.95. The highest BCUT2D eigenvalue weighted by molar-refractivity contribution is 5.75. The van der Waals surface area contributed by atoms with E-state index in [2.05, 4.69) is 10.2 Å². The summed E-state index contributed by atoms with van der Waals surface area (Å²) in [5.41, 5.74) is 1.04. The monoisotopic (exact) mass is 373 g/mol. The molecule has 0 saturated carbocycles. The van der Waals surface area contributed by atoms with Crippen molar-refractivity contribution in [1.82, 2.24) is 15.1 Å². The van der Waals surface area contributed by atoms with Gasteiger partial charge in [0.1, 0.15) is 0 Å². The topological polar surface area (TPSA) is 54.0 Å². The van der Waals surface area contributed by atoms with Gasteiger partial charge in [0.2, 0.25) is 0 Å². The van der Waals surface area contributed by atoms with E-state index in [0.29, 0.717) is 19.3 Å². The standard InChI is InChI=1S/C21H31N3O3/c1-16(17-7-8-19-20(14-17)27-13-5-12-26-19)22-21(25)24-11-4-6-18(15-24)23-9-2-3-10-23/h7-8,14,16,18H,2-6,9-13,15H2,1H3,(H,22,25)/t16-,18+/m0/s1. The van der Waals surface area contributed by atoms with Crippen molar-refractivity contribution in [2.45, 2.75) is 51.1 Å². The van der Waals surface area contributed by atoms with Crippen LogP contribution in [0.1, 0.15) is 50.6 Å². The summed E-state index contributed by atoms with van der Waals surface area (Å²) < 4.78 is 11.5. The summed E-state index contributed by atoms with van der Waals surface area (Å²) in [5, 5.41) is 3.17. The first-order chi connectivity index (χ1) is 13.2. The highest BCUT2D eigenvalue weighted by Crippen LogP contribution is 2.32. The molecule has 0 spiro atoms. The number of hydrogen-bond acceptors (Lipinski definition) is 4. The Labute approximate surface area is 161 Å². The van der Waals surface area contributed by atoms with Gasteiger partial charge in [-0.25, -0.2) is 4.79 Å². The molecule has 4 rings (SSSR count). The van der Waals surface area contributed by atoms with Gasteiger partial charge >= 0.3 is 6.03 Å². The van der Waals surface area contributed by atoms with E-state index in [9.17, 15) is 4.79 Å². The highest BCUT2D eigenvalue weighted by atomic mass is 16.5. The van der Waals surface area contributed by atoms with Gasteiger partial charge in [-0.15, -0.1) is 0 Å². The molecule has 0 bridgehead atoms. The first kappa shape index (κ1) is 18.4. The maximum absolute atomic E-state index is 12.8. The Balaban J connectivity index is 1.36. The van der Waals surface area contributed by atoms with Crippen molar-refractivity contribution in [2.75, 3.05) is 39.4 Å². The van der Waals surface area contributed by atoms with Gasteiger partial charge in [-0.2, -0.15) is 0 Å². The van der Waals surface area contributed by atoms with Crippen molar-refractivity contribution in [3.05, 3.63) is 23.8 Å². The highest BCUT2D eigenvalue weighted by Gasteiger charge is 2.29. The molecule has 3 heterocycles. The van der Waals surface area contributed by atoms with Gasteiger partial charge in [0, 0.05) is 25.6 Å². The molecule has 2 amide bonds. The van der Waals surface area contributed by atoms with Gasteiger partial charge in [-0.05, 0) is 63.4 Å². The van der Waals surface area contributed by atoms with E-state index in [4.69, 9.17) is 9.47 Å². The van der Waals surface area contributed by atoms with Gasteiger partial charge in [0.25, 0.3) is 0 Å². The van der Waals surface area contributed by atoms with Crippen LogP contribution in [0.3, 0.4) is 0 Å². The van der Waals surface area contributed by atoms with Gasteiger partial charge in [0.05, 0.1) is 19.3 Å². The van der Waals surface area contributed by atoms with Crippen molar-refractivity contribution in [2.24, 2.45) is 0 Å². The second-order valence-electron chi connectivity index (χ2n) is 7.91. The number of nitrogens with zero attached hydrogens (tertiary/aromatic N) is 2. The van der Waals surface area contributed by atoms with E-state index in [1.54, 1.807) is 0 Å². The fourth-order valence-corrected chi connectivity index (χ4v) is 4.35. The molecule has 3 aliphatic heterocycles. The van der Waals surface area contributed by atoms with E-state index in [1.807, 2.05) is 30.0 Å². The number of ether oxygens (including phenoxy) is 2. The molecule has 3 aliphatic rings. The summed E-state index contributed by atoms with van der Waals surface area (Å²) in [6, 6.07) is 6.46. The zero-order valence-electron chi connectivity index (χ0n) is 16.3. The van der Waals surface area contributed by atoms with Crippen LogP contribution in [-0.2, 0) is 0 Å². The van der Waals surface area contributed by atoms with Crippen molar-refractivity contribution in [3.8, 4) is 11.5 Å². The molecule has 148 valence electrons. The molecule has 0 aromatic heterocycles. The van der Waals surface area contributed by atoms with Gasteiger partial charge in [0.15, 0.2) is 11.5 Å². The number of hydrogen-bond donors (Lipinski definition) is 1. The smallest absolute Gasteiger partial charge is 0.317 e. The third-order valence-electron chi connectivity index (χ3n) is 5.95. The fraction of sp³-hybridized carbons (Fsp3) is 0.667. The number of rotatable bonds is 3. The van der Waals surface area contributed by atoms with Crippen LogP contribution >= 0.6 is 0 Å². The predicted octanol–water partition coefficient (Wildman–Crippen LogP) is 3.18. The second-order valence-corrected chi connectivity index (χ2v) is 7.91. The maximum Gasteiger partial charge on any atom is 0.317 e. The molecule has 27 heavy (non-hydrogen) atoms. The molecular formula is C21H31N3O3. The molecule has 2 saturated heterocycles. The molecule has 1 aromatic rings. The molecule has 2 atom stereocenters. The van der Waals surface area contributed by atoms with E-state index in [0.717, 1.165) is 43.0 Å². The molecule has 0 aliphatic carbocycles. The van der Waals surface area contributed by atoms with Crippen LogP contribution in [0.25, 0.3) is 0 Å². The summed E-state index contributed by atoms with van der Waals surface area (Å²) in [6.45, 7) is 7.46. The SMILES string of the molecule is C[C@H](NC(=O)N1CCC[C@@H](N2CCCC2)C1)c1ccc2c(c1)OCCCO2. The lowest BCUT2D eigenvalue weighted by Crippen LogP contribution is -2.52. The molecule has 0 radical (unpaired) electrons. The van der Waals surface area contributed by atoms with Gasteiger partial charge < -0.3 is 19.7 Å². The van der Waals surface area contributed by atoms with Crippen LogP contribution in [-0.4, -0.2) is 61.3 Å². The Hall–Kier alpha value is -1.95. The van der Waals surface area contributed by atoms with Crippen LogP contribution in [0.15, 0.2) is 18.2 Å².